The predicted molar refractivity (Wildman–Crippen MR) is 130 cm³/mol. The molecule has 2 aromatic carbocycles. The smallest absolute Gasteiger partial charge is 0.414 e. The number of amides is 1. The normalized spacial score (nSPS) is 20.1. The maximum absolute atomic E-state index is 12.6. The van der Waals surface area contributed by atoms with Crippen molar-refractivity contribution >= 4 is 22.7 Å². The molecule has 3 aromatic rings. The molecule has 2 fully saturated rings. The molecular weight excluding hydrogens is 450 g/mol. The lowest BCUT2D eigenvalue weighted by atomic mass is 9.99. The molecule has 4 heterocycles. The van der Waals surface area contributed by atoms with Crippen LogP contribution in [0.2, 0.25) is 0 Å². The van der Waals surface area contributed by atoms with Gasteiger partial charge in [0.15, 0.2) is 11.5 Å². The molecule has 3 aliphatic rings. The first-order valence-corrected chi connectivity index (χ1v) is 11.8. The van der Waals surface area contributed by atoms with Crippen molar-refractivity contribution in [3.05, 3.63) is 58.9 Å². The van der Waals surface area contributed by atoms with Gasteiger partial charge in [0.25, 0.3) is 5.56 Å². The topological polar surface area (TPSA) is 82.5 Å². The highest BCUT2D eigenvalue weighted by Crippen LogP contribution is 2.35. The maximum Gasteiger partial charge on any atom is 0.414 e. The number of pyridine rings is 1. The van der Waals surface area contributed by atoms with Crippen LogP contribution in [0.25, 0.3) is 10.9 Å². The van der Waals surface area contributed by atoms with Gasteiger partial charge in [0.2, 0.25) is 0 Å². The van der Waals surface area contributed by atoms with Crippen LogP contribution >= 0.6 is 0 Å². The maximum atomic E-state index is 12.6. The zero-order chi connectivity index (χ0) is 23.9. The van der Waals surface area contributed by atoms with E-state index >= 15 is 0 Å². The van der Waals surface area contributed by atoms with Crippen LogP contribution < -0.4 is 24.7 Å². The monoisotopic (exact) mass is 477 g/mol. The lowest BCUT2D eigenvalue weighted by Crippen LogP contribution is -2.52. The molecule has 1 amide bonds. The number of methoxy groups -OCH3 is 1. The van der Waals surface area contributed by atoms with Gasteiger partial charge in [-0.3, -0.25) is 14.6 Å². The van der Waals surface area contributed by atoms with Crippen molar-refractivity contribution in [1.29, 1.82) is 0 Å². The third-order valence-corrected chi connectivity index (χ3v) is 6.85. The van der Waals surface area contributed by atoms with Crippen LogP contribution in [0.15, 0.2) is 53.3 Å². The van der Waals surface area contributed by atoms with Gasteiger partial charge in [-0.25, -0.2) is 4.79 Å². The first-order valence-electron chi connectivity index (χ1n) is 11.8. The summed E-state index contributed by atoms with van der Waals surface area (Å²) in [6.07, 6.45) is -0.554. The highest BCUT2D eigenvalue weighted by molar-refractivity contribution is 5.90. The summed E-state index contributed by atoms with van der Waals surface area (Å²) in [5.41, 5.74) is 1.62. The number of cyclic esters (lactones) is 1. The van der Waals surface area contributed by atoms with Gasteiger partial charge >= 0.3 is 6.09 Å². The standard InChI is InChI=1S/C26H27N3O6/c1-32-20-5-2-18-3-7-25(30)29(22(18)11-20)14-17-12-27(13-17)15-21-16-28(26(31)35-21)19-4-6-23-24(10-19)34-9-8-33-23/h2-7,10-11,17,21H,8-9,12-16H2,1H3/t21-/m1/s1. The van der Waals surface area contributed by atoms with Gasteiger partial charge in [-0.05, 0) is 35.7 Å². The molecule has 9 nitrogen and oxygen atoms in total. The second-order valence-corrected chi connectivity index (χ2v) is 9.24. The second kappa shape index (κ2) is 8.81. The molecule has 1 aromatic heterocycles. The number of carbonyl (C=O) groups is 1. The molecule has 0 radical (unpaired) electrons. The molecule has 182 valence electrons. The van der Waals surface area contributed by atoms with E-state index in [0.29, 0.717) is 50.3 Å². The Kier molecular flexibility index (Phi) is 5.49. The number of anilines is 1. The lowest BCUT2D eigenvalue weighted by molar-refractivity contribution is 0.0406. The van der Waals surface area contributed by atoms with E-state index in [9.17, 15) is 9.59 Å². The van der Waals surface area contributed by atoms with Crippen molar-refractivity contribution in [3.63, 3.8) is 0 Å². The Labute approximate surface area is 202 Å². The predicted octanol–water partition coefficient (Wildman–Crippen LogP) is 2.74. The second-order valence-electron chi connectivity index (χ2n) is 9.24. The van der Waals surface area contributed by atoms with Gasteiger partial charge in [-0.15, -0.1) is 0 Å². The van der Waals surface area contributed by atoms with Gasteiger partial charge in [0.1, 0.15) is 25.1 Å². The molecule has 9 heteroatoms. The summed E-state index contributed by atoms with van der Waals surface area (Å²) in [6, 6.07) is 14.8. The number of hydrogen-bond donors (Lipinski definition) is 0. The van der Waals surface area contributed by atoms with Gasteiger partial charge in [0.05, 0.1) is 24.9 Å². The highest BCUT2D eigenvalue weighted by Gasteiger charge is 2.37. The average Bonchev–Trinajstić information content (AvgIpc) is 3.23. The van der Waals surface area contributed by atoms with Crippen LogP contribution in [0, 0.1) is 5.92 Å². The van der Waals surface area contributed by atoms with E-state index in [-0.39, 0.29) is 17.8 Å². The van der Waals surface area contributed by atoms with Crippen LogP contribution in [0.5, 0.6) is 17.2 Å². The van der Waals surface area contributed by atoms with E-state index < -0.39 is 0 Å². The van der Waals surface area contributed by atoms with Crippen molar-refractivity contribution in [3.8, 4) is 17.2 Å². The Hall–Kier alpha value is -3.72. The molecule has 0 spiro atoms. The molecule has 35 heavy (non-hydrogen) atoms. The van der Waals surface area contributed by atoms with E-state index in [2.05, 4.69) is 4.90 Å². The first kappa shape index (κ1) is 21.8. The Bertz CT molecular complexity index is 1330. The molecule has 1 atom stereocenters. The van der Waals surface area contributed by atoms with Crippen molar-refractivity contribution in [1.82, 2.24) is 9.47 Å². The number of ether oxygens (including phenoxy) is 4. The Morgan fingerprint density at radius 2 is 1.71 bits per heavy atom. The van der Waals surface area contributed by atoms with E-state index in [1.807, 2.05) is 47.0 Å². The van der Waals surface area contributed by atoms with Crippen molar-refractivity contribution < 1.29 is 23.7 Å². The number of nitrogens with zero attached hydrogens (tertiary/aromatic N) is 3. The Morgan fingerprint density at radius 3 is 2.54 bits per heavy atom. The SMILES string of the molecule is COc1ccc2ccc(=O)n(CC3CN(C[C@@H]4CN(c5ccc6c(c5)OCCO6)C(=O)O4)C3)c2c1. The highest BCUT2D eigenvalue weighted by atomic mass is 16.6. The van der Waals surface area contributed by atoms with E-state index in [1.54, 1.807) is 18.1 Å². The zero-order valence-electron chi connectivity index (χ0n) is 19.5. The van der Waals surface area contributed by atoms with Gasteiger partial charge in [-0.2, -0.15) is 0 Å². The number of rotatable bonds is 6. The molecular formula is C26H27N3O6. The first-order chi connectivity index (χ1) is 17.1. The molecule has 0 bridgehead atoms. The average molecular weight is 478 g/mol. The molecule has 0 unspecified atom stereocenters. The summed E-state index contributed by atoms with van der Waals surface area (Å²) in [5.74, 6) is 2.43. The van der Waals surface area contributed by atoms with Crippen LogP contribution in [-0.2, 0) is 11.3 Å². The van der Waals surface area contributed by atoms with Crippen molar-refractivity contribution in [2.75, 3.05) is 51.4 Å². The summed E-state index contributed by atoms with van der Waals surface area (Å²) in [5, 5.41) is 1.01. The summed E-state index contributed by atoms with van der Waals surface area (Å²) in [6.45, 7) is 4.53. The minimum Gasteiger partial charge on any atom is -0.497 e. The van der Waals surface area contributed by atoms with Crippen LogP contribution in [0.3, 0.4) is 0 Å². The molecule has 2 saturated heterocycles. The fourth-order valence-electron chi connectivity index (χ4n) is 5.10. The van der Waals surface area contributed by atoms with E-state index in [0.717, 1.165) is 35.4 Å². The number of aromatic nitrogens is 1. The molecule has 3 aliphatic heterocycles. The zero-order valence-corrected chi connectivity index (χ0v) is 19.5. The van der Waals surface area contributed by atoms with Crippen molar-refractivity contribution in [2.24, 2.45) is 5.92 Å². The minimum absolute atomic E-state index is 0.0102. The summed E-state index contributed by atoms with van der Waals surface area (Å²) < 4.78 is 24.0. The fraction of sp³-hybridized carbons (Fsp3) is 0.385. The Balaban J connectivity index is 1.07. The molecule has 0 N–H and O–H groups in total. The number of fused-ring (bicyclic) bond motifs is 2. The Morgan fingerprint density at radius 1 is 0.914 bits per heavy atom. The summed E-state index contributed by atoms with van der Waals surface area (Å²) in [7, 11) is 1.63. The third kappa shape index (κ3) is 4.16. The van der Waals surface area contributed by atoms with Crippen LogP contribution in [-0.4, -0.2) is 68.2 Å². The number of hydrogen-bond acceptors (Lipinski definition) is 7. The van der Waals surface area contributed by atoms with Crippen molar-refractivity contribution in [2.45, 2.75) is 12.6 Å². The number of benzene rings is 2. The van der Waals surface area contributed by atoms with Gasteiger partial charge in [-0.1, -0.05) is 0 Å². The summed E-state index contributed by atoms with van der Waals surface area (Å²) >= 11 is 0. The lowest BCUT2D eigenvalue weighted by Gasteiger charge is -2.40. The van der Waals surface area contributed by atoms with Crippen LogP contribution in [0.1, 0.15) is 0 Å². The number of likely N-dealkylation sites (tertiary alicyclic amines) is 1. The van der Waals surface area contributed by atoms with Gasteiger partial charge in [0, 0.05) is 50.3 Å². The van der Waals surface area contributed by atoms with E-state index in [1.165, 1.54) is 0 Å². The molecule has 6 rings (SSSR count). The largest absolute Gasteiger partial charge is 0.497 e. The minimum atomic E-state index is -0.347. The fourth-order valence-corrected chi connectivity index (χ4v) is 5.10. The van der Waals surface area contributed by atoms with E-state index in [4.69, 9.17) is 18.9 Å². The van der Waals surface area contributed by atoms with Crippen LogP contribution in [0.4, 0.5) is 10.5 Å². The number of carbonyl (C=O) groups excluding carboxylic acids is 1. The van der Waals surface area contributed by atoms with Gasteiger partial charge < -0.3 is 23.5 Å². The molecule has 0 aliphatic carbocycles. The third-order valence-electron chi connectivity index (χ3n) is 6.85. The summed E-state index contributed by atoms with van der Waals surface area (Å²) in [4.78, 5) is 29.0. The quantitative estimate of drug-likeness (QED) is 0.540. The molecule has 0 saturated carbocycles.